The standard InChI is InChI=1S/C12H9BF2O3.2H2/c14-9-2-1-3-10(7-9)18-12-5-4-8(13(16)17)6-11(12)15;;/h1-7,16-17H;2*1H. The zero-order chi connectivity index (χ0) is 13.1. The van der Waals surface area contributed by atoms with Gasteiger partial charge in [0.05, 0.1) is 0 Å². The summed E-state index contributed by atoms with van der Waals surface area (Å²) < 4.78 is 31.6. The van der Waals surface area contributed by atoms with Crippen LogP contribution in [0.3, 0.4) is 0 Å². The molecule has 3 nitrogen and oxygen atoms in total. The molecule has 6 heteroatoms. The van der Waals surface area contributed by atoms with E-state index >= 15 is 0 Å². The van der Waals surface area contributed by atoms with Gasteiger partial charge in [0.2, 0.25) is 0 Å². The third-order valence-electron chi connectivity index (χ3n) is 2.28. The number of rotatable bonds is 3. The lowest BCUT2D eigenvalue weighted by Crippen LogP contribution is -2.29. The van der Waals surface area contributed by atoms with Gasteiger partial charge in [0.15, 0.2) is 11.6 Å². The second-order valence-electron chi connectivity index (χ2n) is 3.62. The summed E-state index contributed by atoms with van der Waals surface area (Å²) in [5.74, 6) is -1.21. The molecule has 0 saturated heterocycles. The molecular weight excluding hydrogens is 241 g/mol. The Morgan fingerprint density at radius 3 is 2.44 bits per heavy atom. The molecule has 0 heterocycles. The highest BCUT2D eigenvalue weighted by Gasteiger charge is 2.14. The summed E-state index contributed by atoms with van der Waals surface area (Å²) in [6.07, 6.45) is 0. The van der Waals surface area contributed by atoms with Crippen LogP contribution in [0.15, 0.2) is 42.5 Å². The van der Waals surface area contributed by atoms with Crippen LogP contribution in [0.2, 0.25) is 0 Å². The maximum atomic E-state index is 13.6. The molecule has 0 bridgehead atoms. The molecule has 0 saturated carbocycles. The van der Waals surface area contributed by atoms with E-state index in [0.717, 1.165) is 12.1 Å². The van der Waals surface area contributed by atoms with E-state index in [9.17, 15) is 8.78 Å². The predicted octanol–water partition coefficient (Wildman–Crippen LogP) is 1.93. The van der Waals surface area contributed by atoms with E-state index in [0.29, 0.717) is 0 Å². The van der Waals surface area contributed by atoms with E-state index in [1.165, 1.54) is 30.3 Å². The van der Waals surface area contributed by atoms with Crippen molar-refractivity contribution in [3.8, 4) is 11.5 Å². The molecule has 0 spiro atoms. The van der Waals surface area contributed by atoms with Gasteiger partial charge < -0.3 is 14.8 Å². The van der Waals surface area contributed by atoms with Gasteiger partial charge in [0.1, 0.15) is 11.6 Å². The molecule has 0 radical (unpaired) electrons. The zero-order valence-electron chi connectivity index (χ0n) is 9.18. The zero-order valence-corrected chi connectivity index (χ0v) is 9.18. The summed E-state index contributed by atoms with van der Waals surface area (Å²) in [7, 11) is -1.75. The number of halogens is 2. The first kappa shape index (κ1) is 12.5. The second-order valence-corrected chi connectivity index (χ2v) is 3.62. The van der Waals surface area contributed by atoms with E-state index in [1.54, 1.807) is 0 Å². The van der Waals surface area contributed by atoms with Crippen LogP contribution in [0.5, 0.6) is 11.5 Å². The fourth-order valence-corrected chi connectivity index (χ4v) is 1.42. The van der Waals surface area contributed by atoms with Gasteiger partial charge in [-0.2, -0.15) is 0 Å². The van der Waals surface area contributed by atoms with Gasteiger partial charge in [-0.1, -0.05) is 12.1 Å². The van der Waals surface area contributed by atoms with E-state index in [2.05, 4.69) is 0 Å². The first-order valence-electron chi connectivity index (χ1n) is 5.15. The Hall–Kier alpha value is -1.92. The molecule has 0 aliphatic carbocycles. The Morgan fingerprint density at radius 2 is 1.83 bits per heavy atom. The Balaban J connectivity index is 0.00000180. The lowest BCUT2D eigenvalue weighted by Gasteiger charge is -2.08. The average molecular weight is 254 g/mol. The molecule has 0 aliphatic rings. The SMILES string of the molecule is OB(O)c1ccc(Oc2cccc(F)c2)c(F)c1.[HH].[HH]. The minimum absolute atomic E-state index is 0. The summed E-state index contributed by atoms with van der Waals surface area (Å²) in [6.45, 7) is 0. The molecule has 2 aromatic rings. The summed E-state index contributed by atoms with van der Waals surface area (Å²) in [5.41, 5.74) is 0.0130. The fourth-order valence-electron chi connectivity index (χ4n) is 1.42. The van der Waals surface area contributed by atoms with Crippen molar-refractivity contribution >= 4 is 12.6 Å². The maximum absolute atomic E-state index is 13.6. The third kappa shape index (κ3) is 2.85. The molecule has 0 unspecified atom stereocenters. The van der Waals surface area contributed by atoms with Crippen molar-refractivity contribution in [2.24, 2.45) is 0 Å². The molecule has 0 aromatic heterocycles. The van der Waals surface area contributed by atoms with Crippen molar-refractivity contribution in [3.05, 3.63) is 54.1 Å². The monoisotopic (exact) mass is 254 g/mol. The first-order valence-corrected chi connectivity index (χ1v) is 5.15. The Labute approximate surface area is 105 Å². The molecule has 0 amide bonds. The van der Waals surface area contributed by atoms with Crippen LogP contribution in [0.25, 0.3) is 0 Å². The molecular formula is C12H13BF2O3. The number of hydrogen-bond donors (Lipinski definition) is 2. The second kappa shape index (κ2) is 5.16. The van der Waals surface area contributed by atoms with Crippen LogP contribution in [-0.4, -0.2) is 17.2 Å². The maximum Gasteiger partial charge on any atom is 0.488 e. The van der Waals surface area contributed by atoms with Crippen molar-refractivity contribution < 1.29 is 26.4 Å². The Morgan fingerprint density at radius 1 is 1.06 bits per heavy atom. The highest BCUT2D eigenvalue weighted by Crippen LogP contribution is 2.23. The van der Waals surface area contributed by atoms with Gasteiger partial charge in [0, 0.05) is 8.92 Å². The van der Waals surface area contributed by atoms with Crippen LogP contribution in [-0.2, 0) is 0 Å². The smallest absolute Gasteiger partial charge is 0.454 e. The van der Waals surface area contributed by atoms with Gasteiger partial charge >= 0.3 is 7.12 Å². The molecule has 2 rings (SSSR count). The largest absolute Gasteiger partial charge is 0.488 e. The first-order chi connectivity index (χ1) is 8.56. The van der Waals surface area contributed by atoms with Gasteiger partial charge in [-0.3, -0.25) is 0 Å². The lowest BCUT2D eigenvalue weighted by molar-refractivity contribution is 0.423. The normalized spacial score (nSPS) is 10.2. The van der Waals surface area contributed by atoms with Crippen molar-refractivity contribution in [3.63, 3.8) is 0 Å². The molecule has 2 aromatic carbocycles. The van der Waals surface area contributed by atoms with Crippen molar-refractivity contribution in [1.29, 1.82) is 0 Å². The van der Waals surface area contributed by atoms with Gasteiger partial charge in [-0.25, -0.2) is 8.78 Å². The van der Waals surface area contributed by atoms with Crippen LogP contribution in [0, 0.1) is 11.6 Å². The van der Waals surface area contributed by atoms with E-state index < -0.39 is 18.8 Å². The predicted molar refractivity (Wildman–Crippen MR) is 66.9 cm³/mol. The Kier molecular flexibility index (Phi) is 3.59. The highest BCUT2D eigenvalue weighted by molar-refractivity contribution is 6.58. The molecule has 2 N–H and O–H groups in total. The number of ether oxygens (including phenoxy) is 1. The van der Waals surface area contributed by atoms with E-state index in [-0.39, 0.29) is 19.8 Å². The minimum atomic E-state index is -1.75. The minimum Gasteiger partial charge on any atom is -0.454 e. The summed E-state index contributed by atoms with van der Waals surface area (Å²) in [4.78, 5) is 0. The molecule has 96 valence electrons. The molecule has 18 heavy (non-hydrogen) atoms. The summed E-state index contributed by atoms with van der Waals surface area (Å²) in [5, 5.41) is 17.7. The molecule has 0 atom stereocenters. The van der Waals surface area contributed by atoms with Crippen LogP contribution < -0.4 is 10.2 Å². The number of benzene rings is 2. The molecule has 0 aliphatic heterocycles. The van der Waals surface area contributed by atoms with E-state index in [1.807, 2.05) is 0 Å². The van der Waals surface area contributed by atoms with Crippen molar-refractivity contribution in [2.75, 3.05) is 0 Å². The van der Waals surface area contributed by atoms with Gasteiger partial charge in [-0.05, 0) is 29.7 Å². The average Bonchev–Trinajstić information content (AvgIpc) is 2.31. The highest BCUT2D eigenvalue weighted by atomic mass is 19.1. The van der Waals surface area contributed by atoms with Crippen molar-refractivity contribution in [1.82, 2.24) is 0 Å². The van der Waals surface area contributed by atoms with Crippen LogP contribution in [0.1, 0.15) is 2.85 Å². The van der Waals surface area contributed by atoms with E-state index in [4.69, 9.17) is 14.8 Å². The topological polar surface area (TPSA) is 49.7 Å². The summed E-state index contributed by atoms with van der Waals surface area (Å²) in [6, 6.07) is 8.78. The van der Waals surface area contributed by atoms with Gasteiger partial charge in [0.25, 0.3) is 0 Å². The third-order valence-corrected chi connectivity index (χ3v) is 2.28. The van der Waals surface area contributed by atoms with Crippen molar-refractivity contribution in [2.45, 2.75) is 0 Å². The lowest BCUT2D eigenvalue weighted by atomic mass is 9.80. The van der Waals surface area contributed by atoms with Crippen LogP contribution in [0.4, 0.5) is 8.78 Å². The quantitative estimate of drug-likeness (QED) is 0.823. The fraction of sp³-hybridized carbons (Fsp3) is 0. The number of hydrogen-bond acceptors (Lipinski definition) is 3. The molecule has 0 fully saturated rings. The summed E-state index contributed by atoms with van der Waals surface area (Å²) >= 11 is 0. The van der Waals surface area contributed by atoms with Gasteiger partial charge in [-0.15, -0.1) is 0 Å². The Bertz CT molecular complexity index is 570. The van der Waals surface area contributed by atoms with Crippen LogP contribution >= 0.6 is 0 Å².